The van der Waals surface area contributed by atoms with Crippen LogP contribution in [0.25, 0.3) is 0 Å². The van der Waals surface area contributed by atoms with Gasteiger partial charge in [-0.1, -0.05) is 6.07 Å². The molecule has 0 saturated carbocycles. The molecule has 2 aliphatic heterocycles. The van der Waals surface area contributed by atoms with E-state index in [2.05, 4.69) is 10.1 Å². The molecule has 1 aromatic rings. The molecule has 0 bridgehead atoms. The molecule has 1 atom stereocenters. The molecule has 3 rings (SSSR count). The Morgan fingerprint density at radius 3 is 2.77 bits per heavy atom. The van der Waals surface area contributed by atoms with Crippen molar-refractivity contribution in [3.63, 3.8) is 0 Å². The minimum atomic E-state index is -4.72. The standard InChI is InChI=1S/C17H22F3N3O3/c18-17(19,20)26-14-3-1-2-13(10-14)23-7-4-12(11-23)22-15(24)16(21)5-8-25-9-6-16/h1-3,10,12H,4-9,11,21H2,(H,22,24). The van der Waals surface area contributed by atoms with Crippen molar-refractivity contribution in [2.45, 2.75) is 37.2 Å². The lowest BCUT2D eigenvalue weighted by atomic mass is 9.90. The third-order valence-corrected chi connectivity index (χ3v) is 4.78. The van der Waals surface area contributed by atoms with E-state index in [1.54, 1.807) is 6.07 Å². The van der Waals surface area contributed by atoms with Crippen LogP contribution in [0.4, 0.5) is 18.9 Å². The van der Waals surface area contributed by atoms with Gasteiger partial charge in [-0.15, -0.1) is 13.2 Å². The monoisotopic (exact) mass is 373 g/mol. The summed E-state index contributed by atoms with van der Waals surface area (Å²) in [5.41, 5.74) is 5.89. The maximum atomic E-state index is 12.5. The maximum Gasteiger partial charge on any atom is 0.573 e. The summed E-state index contributed by atoms with van der Waals surface area (Å²) >= 11 is 0. The molecule has 1 amide bonds. The summed E-state index contributed by atoms with van der Waals surface area (Å²) in [6.07, 6.45) is -3.07. The number of ether oxygens (including phenoxy) is 2. The fraction of sp³-hybridized carbons (Fsp3) is 0.588. The lowest BCUT2D eigenvalue weighted by Gasteiger charge is -2.33. The number of alkyl halides is 3. The zero-order chi connectivity index (χ0) is 18.8. The third-order valence-electron chi connectivity index (χ3n) is 4.78. The number of hydrogen-bond donors (Lipinski definition) is 2. The molecule has 6 nitrogen and oxygen atoms in total. The van der Waals surface area contributed by atoms with Gasteiger partial charge in [-0.2, -0.15) is 0 Å². The van der Waals surface area contributed by atoms with Crippen molar-refractivity contribution in [3.8, 4) is 5.75 Å². The fourth-order valence-electron chi connectivity index (χ4n) is 3.28. The van der Waals surface area contributed by atoms with E-state index in [0.29, 0.717) is 51.3 Å². The van der Waals surface area contributed by atoms with Crippen LogP contribution in [-0.4, -0.2) is 50.2 Å². The highest BCUT2D eigenvalue weighted by atomic mass is 19.4. The lowest BCUT2D eigenvalue weighted by Crippen LogP contribution is -2.59. The van der Waals surface area contributed by atoms with Gasteiger partial charge in [-0.05, 0) is 31.4 Å². The zero-order valence-corrected chi connectivity index (χ0v) is 14.2. The van der Waals surface area contributed by atoms with Gasteiger partial charge >= 0.3 is 6.36 Å². The summed E-state index contributed by atoms with van der Waals surface area (Å²) in [5.74, 6) is -0.451. The number of nitrogens with two attached hydrogens (primary N) is 1. The summed E-state index contributed by atoms with van der Waals surface area (Å²) < 4.78 is 46.3. The molecule has 3 N–H and O–H groups in total. The first kappa shape index (κ1) is 18.8. The number of hydrogen-bond acceptors (Lipinski definition) is 5. The van der Waals surface area contributed by atoms with Gasteiger partial charge in [-0.3, -0.25) is 4.79 Å². The van der Waals surface area contributed by atoms with E-state index < -0.39 is 11.9 Å². The van der Waals surface area contributed by atoms with Crippen LogP contribution in [0, 0.1) is 0 Å². The maximum absolute atomic E-state index is 12.5. The van der Waals surface area contributed by atoms with E-state index in [0.717, 1.165) is 0 Å². The third kappa shape index (κ3) is 4.59. The molecule has 0 radical (unpaired) electrons. The van der Waals surface area contributed by atoms with Gasteiger partial charge in [0.1, 0.15) is 5.75 Å². The van der Waals surface area contributed by atoms with E-state index >= 15 is 0 Å². The topological polar surface area (TPSA) is 76.8 Å². The minimum Gasteiger partial charge on any atom is -0.406 e. The predicted molar refractivity (Wildman–Crippen MR) is 88.9 cm³/mol. The SMILES string of the molecule is NC1(C(=O)NC2CCN(c3cccc(OC(F)(F)F)c3)C2)CCOCC1. The molecule has 1 aromatic carbocycles. The van der Waals surface area contributed by atoms with E-state index in [1.165, 1.54) is 18.2 Å². The van der Waals surface area contributed by atoms with Crippen LogP contribution in [0.5, 0.6) is 5.75 Å². The van der Waals surface area contributed by atoms with Gasteiger partial charge in [0.25, 0.3) is 0 Å². The second-order valence-electron chi connectivity index (χ2n) is 6.72. The van der Waals surface area contributed by atoms with Crippen molar-refractivity contribution in [2.75, 3.05) is 31.2 Å². The Morgan fingerprint density at radius 2 is 2.08 bits per heavy atom. The average molecular weight is 373 g/mol. The average Bonchev–Trinajstić information content (AvgIpc) is 3.03. The summed E-state index contributed by atoms with van der Waals surface area (Å²) in [4.78, 5) is 14.4. The van der Waals surface area contributed by atoms with Crippen LogP contribution in [0.1, 0.15) is 19.3 Å². The van der Waals surface area contributed by atoms with Crippen molar-refractivity contribution in [3.05, 3.63) is 24.3 Å². The van der Waals surface area contributed by atoms with Crippen LogP contribution >= 0.6 is 0 Å². The second kappa shape index (κ2) is 7.32. The number of halogens is 3. The van der Waals surface area contributed by atoms with Crippen molar-refractivity contribution < 1.29 is 27.4 Å². The fourth-order valence-corrected chi connectivity index (χ4v) is 3.28. The first-order chi connectivity index (χ1) is 12.3. The summed E-state index contributed by atoms with van der Waals surface area (Å²) in [6, 6.07) is 5.74. The molecule has 144 valence electrons. The van der Waals surface area contributed by atoms with Gasteiger partial charge in [0, 0.05) is 44.1 Å². The Labute approximate surface area is 149 Å². The number of nitrogens with zero attached hydrogens (tertiary/aromatic N) is 1. The van der Waals surface area contributed by atoms with Crippen molar-refractivity contribution in [1.29, 1.82) is 0 Å². The second-order valence-corrected chi connectivity index (χ2v) is 6.72. The van der Waals surface area contributed by atoms with E-state index in [1.807, 2.05) is 4.90 Å². The Balaban J connectivity index is 1.58. The van der Waals surface area contributed by atoms with Crippen LogP contribution in [0.3, 0.4) is 0 Å². The Bertz CT molecular complexity index is 648. The van der Waals surface area contributed by atoms with E-state index in [9.17, 15) is 18.0 Å². The molecule has 9 heteroatoms. The number of carbonyl (C=O) groups is 1. The highest BCUT2D eigenvalue weighted by molar-refractivity contribution is 5.86. The van der Waals surface area contributed by atoms with Crippen LogP contribution in [0.15, 0.2) is 24.3 Å². The molecular formula is C17H22F3N3O3. The van der Waals surface area contributed by atoms with Crippen molar-refractivity contribution >= 4 is 11.6 Å². The van der Waals surface area contributed by atoms with Crippen LogP contribution < -0.4 is 20.7 Å². The van der Waals surface area contributed by atoms with Crippen LogP contribution in [0.2, 0.25) is 0 Å². The van der Waals surface area contributed by atoms with Gasteiger partial charge < -0.3 is 25.4 Å². The highest BCUT2D eigenvalue weighted by Crippen LogP contribution is 2.28. The molecule has 1 unspecified atom stereocenters. The Morgan fingerprint density at radius 1 is 1.35 bits per heavy atom. The van der Waals surface area contributed by atoms with Gasteiger partial charge in [-0.25, -0.2) is 0 Å². The lowest BCUT2D eigenvalue weighted by molar-refractivity contribution is -0.274. The van der Waals surface area contributed by atoms with E-state index in [-0.39, 0.29) is 17.7 Å². The van der Waals surface area contributed by atoms with E-state index in [4.69, 9.17) is 10.5 Å². The molecule has 0 aliphatic carbocycles. The van der Waals surface area contributed by atoms with Crippen molar-refractivity contribution in [2.24, 2.45) is 5.73 Å². The number of amides is 1. The summed E-state index contributed by atoms with van der Waals surface area (Å²) in [5, 5.41) is 2.97. The van der Waals surface area contributed by atoms with Gasteiger partial charge in [0.05, 0.1) is 5.54 Å². The highest BCUT2D eigenvalue weighted by Gasteiger charge is 2.38. The van der Waals surface area contributed by atoms with Crippen LogP contribution in [-0.2, 0) is 9.53 Å². The molecule has 26 heavy (non-hydrogen) atoms. The molecule has 2 aliphatic rings. The first-order valence-corrected chi connectivity index (χ1v) is 8.54. The molecule has 2 fully saturated rings. The largest absolute Gasteiger partial charge is 0.573 e. The summed E-state index contributed by atoms with van der Waals surface area (Å²) in [6.45, 7) is 2.06. The number of rotatable bonds is 4. The Hall–Kier alpha value is -2.00. The Kier molecular flexibility index (Phi) is 5.29. The quantitative estimate of drug-likeness (QED) is 0.842. The molecule has 2 saturated heterocycles. The number of nitrogens with one attached hydrogen (secondary N) is 1. The normalized spacial score (nSPS) is 22.9. The number of anilines is 1. The number of carbonyl (C=O) groups excluding carboxylic acids is 1. The molecular weight excluding hydrogens is 351 g/mol. The minimum absolute atomic E-state index is 0.0991. The first-order valence-electron chi connectivity index (χ1n) is 8.54. The zero-order valence-electron chi connectivity index (χ0n) is 14.2. The molecule has 0 spiro atoms. The molecule has 0 aromatic heterocycles. The predicted octanol–water partition coefficient (Wildman–Crippen LogP) is 1.79. The number of benzene rings is 1. The van der Waals surface area contributed by atoms with Gasteiger partial charge in [0.15, 0.2) is 0 Å². The smallest absolute Gasteiger partial charge is 0.406 e. The van der Waals surface area contributed by atoms with Gasteiger partial charge in [0.2, 0.25) is 5.91 Å². The molecule has 2 heterocycles. The van der Waals surface area contributed by atoms with Crippen molar-refractivity contribution in [1.82, 2.24) is 5.32 Å². The summed E-state index contributed by atoms with van der Waals surface area (Å²) in [7, 11) is 0.